The molecule has 3 aromatic rings. The maximum atomic E-state index is 12.4. The first-order valence-electron chi connectivity index (χ1n) is 7.02. The number of hydrogen-bond acceptors (Lipinski definition) is 4. The van der Waals surface area contributed by atoms with Gasteiger partial charge in [-0.2, -0.15) is 11.3 Å². The van der Waals surface area contributed by atoms with Gasteiger partial charge in [0.05, 0.1) is 15.5 Å². The van der Waals surface area contributed by atoms with Crippen LogP contribution in [0.15, 0.2) is 64.2 Å². The molecular weight excluding hydrogens is 401 g/mol. The summed E-state index contributed by atoms with van der Waals surface area (Å²) in [5.41, 5.74) is 1.93. The molecule has 0 aliphatic rings. The highest BCUT2D eigenvalue weighted by atomic mass is 35.5. The van der Waals surface area contributed by atoms with Crippen LogP contribution in [0.5, 0.6) is 0 Å². The van der Waals surface area contributed by atoms with Crippen LogP contribution in [0.2, 0.25) is 10.0 Å². The Bertz CT molecular complexity index is 1010. The van der Waals surface area contributed by atoms with E-state index in [0.29, 0.717) is 5.02 Å². The number of benzene rings is 2. The van der Waals surface area contributed by atoms with E-state index in [-0.39, 0.29) is 15.5 Å². The molecule has 1 heterocycles. The molecule has 0 radical (unpaired) electrons. The molecule has 0 unspecified atom stereocenters. The lowest BCUT2D eigenvalue weighted by Crippen LogP contribution is -2.30. The second-order valence-electron chi connectivity index (χ2n) is 5.10. The molecule has 0 aliphatic heterocycles. The molecular formula is C17H11Cl2NO3S2. The molecule has 25 heavy (non-hydrogen) atoms. The van der Waals surface area contributed by atoms with E-state index in [9.17, 15) is 13.2 Å². The first-order valence-corrected chi connectivity index (χ1v) is 10.2. The first-order chi connectivity index (χ1) is 11.9. The van der Waals surface area contributed by atoms with Gasteiger partial charge in [0.1, 0.15) is 0 Å². The molecule has 0 atom stereocenters. The molecule has 4 nitrogen and oxygen atoms in total. The molecule has 2 aromatic carbocycles. The van der Waals surface area contributed by atoms with Crippen LogP contribution < -0.4 is 4.72 Å². The predicted molar refractivity (Wildman–Crippen MR) is 101 cm³/mol. The Morgan fingerprint density at radius 1 is 0.960 bits per heavy atom. The minimum absolute atomic E-state index is 0.00934. The van der Waals surface area contributed by atoms with E-state index in [0.717, 1.165) is 11.1 Å². The molecule has 0 bridgehead atoms. The number of sulfonamides is 1. The highest BCUT2D eigenvalue weighted by Crippen LogP contribution is 2.24. The summed E-state index contributed by atoms with van der Waals surface area (Å²) < 4.78 is 26.8. The molecule has 8 heteroatoms. The largest absolute Gasteiger partial charge is 0.268 e. The third kappa shape index (κ3) is 4.04. The van der Waals surface area contributed by atoms with Crippen molar-refractivity contribution in [3.8, 4) is 11.1 Å². The van der Waals surface area contributed by atoms with Gasteiger partial charge in [0.15, 0.2) is 0 Å². The highest BCUT2D eigenvalue weighted by molar-refractivity contribution is 7.90. The van der Waals surface area contributed by atoms with Crippen LogP contribution in [0.4, 0.5) is 0 Å². The molecule has 0 spiro atoms. The van der Waals surface area contributed by atoms with E-state index in [4.69, 9.17) is 23.2 Å². The Hall–Kier alpha value is -1.86. The van der Waals surface area contributed by atoms with Crippen LogP contribution in [0.25, 0.3) is 11.1 Å². The molecule has 0 saturated carbocycles. The fraction of sp³-hybridized carbons (Fsp3) is 0. The molecule has 0 saturated heterocycles. The molecule has 1 amide bonds. The fourth-order valence-electron chi connectivity index (χ4n) is 2.16. The number of thiophene rings is 1. The smallest absolute Gasteiger partial charge is 0.266 e. The zero-order chi connectivity index (χ0) is 18.0. The number of carbonyl (C=O) groups excluding carboxylic acids is 1. The van der Waals surface area contributed by atoms with Gasteiger partial charge < -0.3 is 0 Å². The molecule has 3 rings (SSSR count). The highest BCUT2D eigenvalue weighted by Gasteiger charge is 2.20. The van der Waals surface area contributed by atoms with Gasteiger partial charge in [-0.3, -0.25) is 4.79 Å². The standard InChI is InChI=1S/C17H11Cl2NO3S2/c18-13-3-6-15(16(19)9-13)17(21)20-25(22,23)14-4-1-11(2-5-14)12-7-8-24-10-12/h1-10H,(H,20,21). The number of carbonyl (C=O) groups is 1. The Kier molecular flexibility index (Phi) is 5.15. The van der Waals surface area contributed by atoms with Crippen molar-refractivity contribution in [3.63, 3.8) is 0 Å². The van der Waals surface area contributed by atoms with Crippen molar-refractivity contribution in [2.75, 3.05) is 0 Å². The van der Waals surface area contributed by atoms with Crippen LogP contribution in [-0.2, 0) is 10.0 Å². The third-order valence-corrected chi connectivity index (χ3v) is 6.00. The summed E-state index contributed by atoms with van der Waals surface area (Å²) in [6.07, 6.45) is 0. The van der Waals surface area contributed by atoms with Gasteiger partial charge in [0, 0.05) is 5.02 Å². The van der Waals surface area contributed by atoms with Gasteiger partial charge in [-0.1, -0.05) is 35.3 Å². The van der Waals surface area contributed by atoms with E-state index in [1.807, 2.05) is 21.5 Å². The maximum Gasteiger partial charge on any atom is 0.266 e. The van der Waals surface area contributed by atoms with Crippen molar-refractivity contribution >= 4 is 50.5 Å². The van der Waals surface area contributed by atoms with Gasteiger partial charge in [-0.25, -0.2) is 13.1 Å². The minimum Gasteiger partial charge on any atom is -0.268 e. The third-order valence-electron chi connectivity index (χ3n) is 3.42. The van der Waals surface area contributed by atoms with Crippen molar-refractivity contribution in [2.24, 2.45) is 0 Å². The van der Waals surface area contributed by atoms with Crippen LogP contribution in [0.3, 0.4) is 0 Å². The summed E-state index contributed by atoms with van der Waals surface area (Å²) in [6, 6.07) is 12.4. The normalized spacial score (nSPS) is 11.3. The minimum atomic E-state index is -4.01. The molecule has 128 valence electrons. The van der Waals surface area contributed by atoms with Crippen LogP contribution >= 0.6 is 34.5 Å². The summed E-state index contributed by atoms with van der Waals surface area (Å²) in [5.74, 6) is -0.816. The summed E-state index contributed by atoms with van der Waals surface area (Å²) in [7, 11) is -4.01. The lowest BCUT2D eigenvalue weighted by Gasteiger charge is -2.09. The number of rotatable bonds is 4. The SMILES string of the molecule is O=C(NS(=O)(=O)c1ccc(-c2ccsc2)cc1)c1ccc(Cl)cc1Cl. The van der Waals surface area contributed by atoms with Crippen LogP contribution in [0, 0.1) is 0 Å². The fourth-order valence-corrected chi connectivity index (χ4v) is 4.29. The van der Waals surface area contributed by atoms with E-state index < -0.39 is 15.9 Å². The molecule has 0 fully saturated rings. The summed E-state index contributed by atoms with van der Waals surface area (Å²) >= 11 is 13.3. The predicted octanol–water partition coefficient (Wildman–Crippen LogP) is 4.84. The van der Waals surface area contributed by atoms with Crippen LogP contribution in [0.1, 0.15) is 10.4 Å². The zero-order valence-corrected chi connectivity index (χ0v) is 15.7. The van der Waals surface area contributed by atoms with Gasteiger partial charge >= 0.3 is 0 Å². The Morgan fingerprint density at radius 2 is 1.68 bits per heavy atom. The van der Waals surface area contributed by atoms with Gasteiger partial charge in [-0.15, -0.1) is 0 Å². The van der Waals surface area contributed by atoms with Crippen LogP contribution in [-0.4, -0.2) is 14.3 Å². The molecule has 1 aromatic heterocycles. The van der Waals surface area contributed by atoms with E-state index in [2.05, 4.69) is 0 Å². The van der Waals surface area contributed by atoms with Crippen molar-refractivity contribution in [1.82, 2.24) is 4.72 Å². The number of nitrogens with one attached hydrogen (secondary N) is 1. The van der Waals surface area contributed by atoms with Gasteiger partial charge in [-0.05, 0) is 58.3 Å². The summed E-state index contributed by atoms with van der Waals surface area (Å²) in [5, 5.41) is 4.34. The monoisotopic (exact) mass is 411 g/mol. The van der Waals surface area contributed by atoms with Gasteiger partial charge in [0.25, 0.3) is 15.9 Å². The van der Waals surface area contributed by atoms with E-state index >= 15 is 0 Å². The van der Waals surface area contributed by atoms with Crippen molar-refractivity contribution < 1.29 is 13.2 Å². The number of amides is 1. The Labute approximate surface area is 159 Å². The Morgan fingerprint density at radius 3 is 2.28 bits per heavy atom. The summed E-state index contributed by atoms with van der Waals surface area (Å²) in [4.78, 5) is 12.2. The van der Waals surface area contributed by atoms with Crippen molar-refractivity contribution in [1.29, 1.82) is 0 Å². The zero-order valence-electron chi connectivity index (χ0n) is 12.6. The van der Waals surface area contributed by atoms with Crippen molar-refractivity contribution in [2.45, 2.75) is 4.90 Å². The maximum absolute atomic E-state index is 12.4. The van der Waals surface area contributed by atoms with Gasteiger partial charge in [0.2, 0.25) is 0 Å². The lowest BCUT2D eigenvalue weighted by atomic mass is 10.1. The number of hydrogen-bond donors (Lipinski definition) is 1. The average molecular weight is 412 g/mol. The van der Waals surface area contributed by atoms with E-state index in [1.165, 1.54) is 30.3 Å². The van der Waals surface area contributed by atoms with E-state index in [1.54, 1.807) is 23.5 Å². The second-order valence-corrected chi connectivity index (χ2v) is 8.40. The molecule has 0 aliphatic carbocycles. The Balaban J connectivity index is 1.83. The topological polar surface area (TPSA) is 63.2 Å². The number of halogens is 2. The quantitative estimate of drug-likeness (QED) is 0.667. The lowest BCUT2D eigenvalue weighted by molar-refractivity contribution is 0.0981. The summed E-state index contributed by atoms with van der Waals surface area (Å²) in [6.45, 7) is 0. The first kappa shape index (κ1) is 17.9. The van der Waals surface area contributed by atoms with Crippen molar-refractivity contribution in [3.05, 3.63) is 74.9 Å². The second kappa shape index (κ2) is 7.17. The molecule has 1 N–H and O–H groups in total. The average Bonchev–Trinajstić information content (AvgIpc) is 3.09.